The van der Waals surface area contributed by atoms with Crippen LogP contribution < -0.4 is 9.80 Å². The van der Waals surface area contributed by atoms with Gasteiger partial charge in [-0.25, -0.2) is 0 Å². The number of carbonyl (C=O) groups is 3. The summed E-state index contributed by atoms with van der Waals surface area (Å²) in [5.74, 6) is -3.16. The van der Waals surface area contributed by atoms with Crippen LogP contribution >= 0.6 is 0 Å². The number of nitrogens with zero attached hydrogens (tertiary/aromatic N) is 3. The lowest BCUT2D eigenvalue weighted by atomic mass is 9.74. The lowest BCUT2D eigenvalue weighted by Gasteiger charge is -2.40. The molecule has 4 heterocycles. The van der Waals surface area contributed by atoms with Gasteiger partial charge in [0.25, 0.3) is 5.91 Å². The maximum absolute atomic E-state index is 14.8. The van der Waals surface area contributed by atoms with E-state index in [1.165, 1.54) is 4.90 Å². The lowest BCUT2D eigenvalue weighted by molar-refractivity contribution is -0.160. The molecule has 1 spiro atoms. The number of aliphatic hydroxyl groups is 1. The van der Waals surface area contributed by atoms with E-state index in [1.807, 2.05) is 78.9 Å². The Bertz CT molecular complexity index is 1450. The quantitative estimate of drug-likeness (QED) is 0.366. The highest BCUT2D eigenvalue weighted by Gasteiger charge is 2.75. The predicted molar refractivity (Wildman–Crippen MR) is 167 cm³/mol. The Morgan fingerprint density at radius 3 is 2.36 bits per heavy atom. The number of hydrogen-bond donors (Lipinski definition) is 1. The second-order valence-corrected chi connectivity index (χ2v) is 12.2. The van der Waals surface area contributed by atoms with Crippen LogP contribution in [0.1, 0.15) is 32.8 Å². The van der Waals surface area contributed by atoms with Gasteiger partial charge in [0, 0.05) is 31.0 Å². The van der Waals surface area contributed by atoms with Crippen molar-refractivity contribution in [2.45, 2.75) is 56.9 Å². The number of aliphatic hydroxyl groups excluding tert-OH is 1. The van der Waals surface area contributed by atoms with Gasteiger partial charge in [-0.15, -0.1) is 0 Å². The van der Waals surface area contributed by atoms with Gasteiger partial charge in [0.15, 0.2) is 0 Å². The molecule has 2 fully saturated rings. The Labute approximate surface area is 258 Å². The van der Waals surface area contributed by atoms with Crippen molar-refractivity contribution in [3.8, 4) is 0 Å². The third-order valence-electron chi connectivity index (χ3n) is 9.67. The van der Waals surface area contributed by atoms with E-state index in [2.05, 4.69) is 18.7 Å². The summed E-state index contributed by atoms with van der Waals surface area (Å²) < 4.78 is 12.5. The summed E-state index contributed by atoms with van der Waals surface area (Å²) in [6.45, 7) is 7.84. The van der Waals surface area contributed by atoms with E-state index in [-0.39, 0.29) is 31.6 Å². The van der Waals surface area contributed by atoms with Crippen LogP contribution in [0.25, 0.3) is 0 Å². The minimum absolute atomic E-state index is 0.211. The van der Waals surface area contributed by atoms with Crippen molar-refractivity contribution in [1.82, 2.24) is 4.90 Å². The van der Waals surface area contributed by atoms with Crippen LogP contribution in [-0.2, 0) is 30.3 Å². The van der Waals surface area contributed by atoms with Gasteiger partial charge in [-0.3, -0.25) is 14.4 Å². The molecule has 6 atom stereocenters. The molecule has 0 bridgehead atoms. The van der Waals surface area contributed by atoms with Crippen molar-refractivity contribution in [2.75, 3.05) is 42.6 Å². The van der Waals surface area contributed by atoms with Gasteiger partial charge in [-0.1, -0.05) is 54.6 Å². The Morgan fingerprint density at radius 1 is 0.955 bits per heavy atom. The largest absolute Gasteiger partial charge is 0.465 e. The zero-order valence-electron chi connectivity index (χ0n) is 25.6. The summed E-state index contributed by atoms with van der Waals surface area (Å²) in [6, 6.07) is 15.6. The van der Waals surface area contributed by atoms with E-state index in [4.69, 9.17) is 9.47 Å². The molecule has 9 nitrogen and oxygen atoms in total. The summed E-state index contributed by atoms with van der Waals surface area (Å²) in [6.07, 6.45) is 8.31. The van der Waals surface area contributed by atoms with Gasteiger partial charge in [0.1, 0.15) is 17.6 Å². The van der Waals surface area contributed by atoms with Gasteiger partial charge < -0.3 is 29.3 Å². The third kappa shape index (κ3) is 4.82. The standard InChI is InChI=1S/C35H41N3O6/c1-4-36(5-2)25-14-16-26(17-15-25)37-20-11-19-35-28(29-33(42)43-21-10-9-18-34(29,3)44-35)31(40)38(30(35)32(37)41)27(23-39)22-24-12-7-6-8-13-24/h6-9,11-19,27-30,39H,4-5,10,20-23H2,1-3H3/t27-,28+,29-,30?,34+,35+/m1/s1. The van der Waals surface area contributed by atoms with Gasteiger partial charge in [0.2, 0.25) is 5.91 Å². The first-order valence-corrected chi connectivity index (χ1v) is 15.6. The number of benzene rings is 2. The fourth-order valence-corrected chi connectivity index (χ4v) is 7.62. The number of esters is 1. The Morgan fingerprint density at radius 2 is 1.68 bits per heavy atom. The zero-order valence-corrected chi connectivity index (χ0v) is 25.6. The van der Waals surface area contributed by atoms with Crippen LogP contribution in [-0.4, -0.2) is 83.9 Å². The van der Waals surface area contributed by atoms with Gasteiger partial charge in [-0.05, 0) is 63.4 Å². The number of anilines is 2. The molecule has 2 amide bonds. The maximum Gasteiger partial charge on any atom is 0.313 e. The molecule has 4 aliphatic rings. The summed E-state index contributed by atoms with van der Waals surface area (Å²) in [5, 5.41) is 10.7. The monoisotopic (exact) mass is 599 g/mol. The first-order chi connectivity index (χ1) is 21.3. The number of rotatable bonds is 8. The van der Waals surface area contributed by atoms with Crippen molar-refractivity contribution < 1.29 is 29.0 Å². The van der Waals surface area contributed by atoms with Gasteiger partial charge >= 0.3 is 5.97 Å². The minimum atomic E-state index is -1.43. The summed E-state index contributed by atoms with van der Waals surface area (Å²) in [4.78, 5) is 48.5. The average molecular weight is 600 g/mol. The molecule has 0 aliphatic carbocycles. The normalized spacial score (nSPS) is 30.2. The number of fused-ring (bicyclic) bond motifs is 2. The van der Waals surface area contributed by atoms with Crippen molar-refractivity contribution >= 4 is 29.2 Å². The third-order valence-corrected chi connectivity index (χ3v) is 9.67. The molecular weight excluding hydrogens is 558 g/mol. The Hall–Kier alpha value is -3.95. The molecule has 6 rings (SSSR count). The van der Waals surface area contributed by atoms with Crippen molar-refractivity contribution in [3.05, 3.63) is 84.5 Å². The Kier molecular flexibility index (Phi) is 8.11. The number of carbonyl (C=O) groups excluding carboxylic acids is 3. The molecule has 1 N–H and O–H groups in total. The van der Waals surface area contributed by atoms with Crippen LogP contribution in [0.4, 0.5) is 11.4 Å². The van der Waals surface area contributed by atoms with E-state index in [9.17, 15) is 19.5 Å². The van der Waals surface area contributed by atoms with Gasteiger partial charge in [0.05, 0.1) is 30.8 Å². The lowest BCUT2D eigenvalue weighted by Crippen LogP contribution is -2.59. The highest BCUT2D eigenvalue weighted by Crippen LogP contribution is 2.57. The molecule has 2 aromatic carbocycles. The fourth-order valence-electron chi connectivity index (χ4n) is 7.62. The smallest absolute Gasteiger partial charge is 0.313 e. The van der Waals surface area contributed by atoms with E-state index >= 15 is 0 Å². The van der Waals surface area contributed by atoms with E-state index < -0.39 is 41.1 Å². The van der Waals surface area contributed by atoms with E-state index in [1.54, 1.807) is 11.8 Å². The van der Waals surface area contributed by atoms with Crippen LogP contribution in [0, 0.1) is 11.8 Å². The highest BCUT2D eigenvalue weighted by atomic mass is 16.6. The minimum Gasteiger partial charge on any atom is -0.465 e. The number of hydrogen-bond acceptors (Lipinski definition) is 7. The second-order valence-electron chi connectivity index (χ2n) is 12.2. The fraction of sp³-hybridized carbons (Fsp3) is 0.457. The van der Waals surface area contributed by atoms with Gasteiger partial charge in [-0.2, -0.15) is 0 Å². The molecule has 0 aromatic heterocycles. The average Bonchev–Trinajstić information content (AvgIpc) is 3.35. The van der Waals surface area contributed by atoms with Crippen LogP contribution in [0.3, 0.4) is 0 Å². The molecule has 0 saturated carbocycles. The Balaban J connectivity index is 1.46. The van der Waals surface area contributed by atoms with E-state index in [0.717, 1.165) is 24.3 Å². The molecule has 232 valence electrons. The molecule has 4 aliphatic heterocycles. The van der Waals surface area contributed by atoms with Crippen LogP contribution in [0.5, 0.6) is 0 Å². The van der Waals surface area contributed by atoms with Crippen molar-refractivity contribution in [1.29, 1.82) is 0 Å². The summed E-state index contributed by atoms with van der Waals surface area (Å²) in [5.41, 5.74) is 0.0945. The molecule has 2 saturated heterocycles. The molecule has 9 heteroatoms. The molecule has 2 aromatic rings. The number of cyclic esters (lactones) is 1. The first kappa shape index (κ1) is 30.1. The molecule has 44 heavy (non-hydrogen) atoms. The van der Waals surface area contributed by atoms with Crippen LogP contribution in [0.15, 0.2) is 78.9 Å². The predicted octanol–water partition coefficient (Wildman–Crippen LogP) is 3.51. The second kappa shape index (κ2) is 11.9. The van der Waals surface area contributed by atoms with Crippen LogP contribution in [0.2, 0.25) is 0 Å². The summed E-state index contributed by atoms with van der Waals surface area (Å²) in [7, 11) is 0. The number of amides is 2. The SMILES string of the molecule is CCN(CC)c1ccc(N2CC=C[C@]34O[C@@]5(C)C=CCCOC(=O)[C@H]5[C@H]3C(=O)N([C@@H](CO)Cc3ccccc3)C4C2=O)cc1. The van der Waals surface area contributed by atoms with Crippen molar-refractivity contribution in [2.24, 2.45) is 11.8 Å². The van der Waals surface area contributed by atoms with E-state index in [0.29, 0.717) is 18.5 Å². The topological polar surface area (TPSA) is 99.6 Å². The molecular formula is C35H41N3O6. The molecule has 1 unspecified atom stereocenters. The highest BCUT2D eigenvalue weighted by molar-refractivity contribution is 6.06. The first-order valence-electron chi connectivity index (χ1n) is 15.6. The molecule has 0 radical (unpaired) electrons. The van der Waals surface area contributed by atoms with Crippen molar-refractivity contribution in [3.63, 3.8) is 0 Å². The summed E-state index contributed by atoms with van der Waals surface area (Å²) >= 11 is 0. The zero-order chi connectivity index (χ0) is 31.1. The number of ether oxygens (including phenoxy) is 2. The maximum atomic E-state index is 14.8. The number of likely N-dealkylation sites (tertiary alicyclic amines) is 1.